The number of amides is 2. The number of anilines is 1. The zero-order chi connectivity index (χ0) is 22.0. The van der Waals surface area contributed by atoms with Crippen LogP contribution in [0.1, 0.15) is 45.7 Å². The lowest BCUT2D eigenvalue weighted by Crippen LogP contribution is -2.43. The molecule has 0 atom stereocenters. The molecule has 3 aliphatic rings. The molecule has 3 N–H and O–H groups in total. The molecule has 7 heteroatoms. The first kappa shape index (κ1) is 19.0. The Hall–Kier alpha value is -3.74. The normalized spacial score (nSPS) is 17.1. The van der Waals surface area contributed by atoms with Crippen molar-refractivity contribution in [3.8, 4) is 22.5 Å². The molecule has 0 aromatic carbocycles. The van der Waals surface area contributed by atoms with E-state index in [9.17, 15) is 9.59 Å². The van der Waals surface area contributed by atoms with Crippen molar-refractivity contribution >= 4 is 17.5 Å². The second-order valence-electron chi connectivity index (χ2n) is 9.02. The standard InChI is InChI=1S/C25H23N5O2/c1-3-21(31)28-18-8-15(12-26-13(18)2)19-9-17-14(11-27-19)4-5-16-22-20(29-23(16)17)10-25(6-7-25)30-24(22)32/h3,8-9,11-12,29H,1,4-7,10H2,2H3,(H,28,31)(H,30,32). The molecule has 0 bridgehead atoms. The summed E-state index contributed by atoms with van der Waals surface area (Å²) in [7, 11) is 0. The SMILES string of the molecule is C=CC(=O)Nc1cc(-c2cc3c(cn2)CCc2c-3[nH]c3c2C(=O)NC2(CC2)C3)cnc1C. The summed E-state index contributed by atoms with van der Waals surface area (Å²) in [5.41, 5.74) is 9.22. The van der Waals surface area contributed by atoms with Crippen LogP contribution in [0.2, 0.25) is 0 Å². The summed E-state index contributed by atoms with van der Waals surface area (Å²) in [6.07, 6.45) is 9.58. The minimum Gasteiger partial charge on any atom is -0.357 e. The molecule has 0 unspecified atom stereocenters. The third-order valence-electron chi connectivity index (χ3n) is 6.88. The number of nitrogens with one attached hydrogen (secondary N) is 3. The van der Waals surface area contributed by atoms with Gasteiger partial charge in [0.2, 0.25) is 5.91 Å². The maximum atomic E-state index is 12.9. The fourth-order valence-corrected chi connectivity index (χ4v) is 4.94. The van der Waals surface area contributed by atoms with Crippen molar-refractivity contribution in [3.63, 3.8) is 0 Å². The lowest BCUT2D eigenvalue weighted by atomic mass is 9.87. The maximum Gasteiger partial charge on any atom is 0.253 e. The van der Waals surface area contributed by atoms with Crippen LogP contribution in [0.15, 0.2) is 37.2 Å². The highest BCUT2D eigenvalue weighted by atomic mass is 16.2. The van der Waals surface area contributed by atoms with Gasteiger partial charge in [0.1, 0.15) is 0 Å². The minimum absolute atomic E-state index is 0.0242. The number of fused-ring (bicyclic) bond motifs is 5. The number of hydrogen-bond donors (Lipinski definition) is 3. The van der Waals surface area contributed by atoms with Crippen LogP contribution in [0.5, 0.6) is 0 Å². The Labute approximate surface area is 185 Å². The van der Waals surface area contributed by atoms with Crippen LogP contribution in [0.25, 0.3) is 22.5 Å². The average Bonchev–Trinajstić information content (AvgIpc) is 3.40. The number of nitrogens with zero attached hydrogens (tertiary/aromatic N) is 2. The Balaban J connectivity index is 1.42. The molecule has 0 radical (unpaired) electrons. The van der Waals surface area contributed by atoms with E-state index in [0.717, 1.165) is 77.1 Å². The summed E-state index contributed by atoms with van der Waals surface area (Å²) < 4.78 is 0. The van der Waals surface area contributed by atoms with Crippen molar-refractivity contribution in [2.24, 2.45) is 0 Å². The van der Waals surface area contributed by atoms with E-state index < -0.39 is 0 Å². The van der Waals surface area contributed by atoms with Crippen molar-refractivity contribution in [1.29, 1.82) is 0 Å². The van der Waals surface area contributed by atoms with Crippen LogP contribution >= 0.6 is 0 Å². The van der Waals surface area contributed by atoms with Gasteiger partial charge in [-0.3, -0.25) is 19.6 Å². The smallest absolute Gasteiger partial charge is 0.253 e. The molecule has 0 saturated heterocycles. The van der Waals surface area contributed by atoms with Crippen molar-refractivity contribution in [2.75, 3.05) is 5.32 Å². The summed E-state index contributed by atoms with van der Waals surface area (Å²) >= 11 is 0. The van der Waals surface area contributed by atoms with Crippen LogP contribution in [-0.2, 0) is 24.1 Å². The molecule has 3 aromatic heterocycles. The lowest BCUT2D eigenvalue weighted by Gasteiger charge is -2.24. The van der Waals surface area contributed by atoms with E-state index in [1.54, 1.807) is 6.20 Å². The first-order valence-corrected chi connectivity index (χ1v) is 10.9. The van der Waals surface area contributed by atoms with Crippen LogP contribution in [-0.4, -0.2) is 32.3 Å². The average molecular weight is 425 g/mol. The van der Waals surface area contributed by atoms with Gasteiger partial charge in [-0.2, -0.15) is 0 Å². The fourth-order valence-electron chi connectivity index (χ4n) is 4.94. The maximum absolute atomic E-state index is 12.9. The monoisotopic (exact) mass is 425 g/mol. The third-order valence-corrected chi connectivity index (χ3v) is 6.88. The van der Waals surface area contributed by atoms with Gasteiger partial charge in [0.15, 0.2) is 0 Å². The number of H-pyrrole nitrogens is 1. The number of aryl methyl sites for hydroxylation is 2. The highest BCUT2D eigenvalue weighted by Crippen LogP contribution is 2.45. The number of carbonyl (C=O) groups excluding carboxylic acids is 2. The number of pyridine rings is 2. The molecule has 6 rings (SSSR count). The Morgan fingerprint density at radius 2 is 2.06 bits per heavy atom. The van der Waals surface area contributed by atoms with Crippen LogP contribution < -0.4 is 10.6 Å². The van der Waals surface area contributed by atoms with E-state index in [2.05, 4.69) is 38.2 Å². The second kappa shape index (κ2) is 6.63. The number of rotatable bonds is 3. The highest BCUT2D eigenvalue weighted by Gasteiger charge is 2.49. The first-order chi connectivity index (χ1) is 15.5. The molecule has 2 aliphatic carbocycles. The largest absolute Gasteiger partial charge is 0.357 e. The van der Waals surface area contributed by atoms with E-state index in [1.165, 1.54) is 11.6 Å². The molecule has 2 amide bonds. The van der Waals surface area contributed by atoms with Gasteiger partial charge >= 0.3 is 0 Å². The van der Waals surface area contributed by atoms with Crippen LogP contribution in [0, 0.1) is 6.92 Å². The Bertz CT molecular complexity index is 1330. The van der Waals surface area contributed by atoms with Gasteiger partial charge in [0.05, 0.1) is 28.3 Å². The van der Waals surface area contributed by atoms with E-state index in [0.29, 0.717) is 5.69 Å². The van der Waals surface area contributed by atoms with Crippen molar-refractivity contribution < 1.29 is 9.59 Å². The highest BCUT2D eigenvalue weighted by molar-refractivity contribution is 6.02. The van der Waals surface area contributed by atoms with E-state index in [4.69, 9.17) is 0 Å². The number of aromatic amines is 1. The van der Waals surface area contributed by atoms with Gasteiger partial charge in [-0.15, -0.1) is 0 Å². The van der Waals surface area contributed by atoms with E-state index in [1.807, 2.05) is 19.2 Å². The van der Waals surface area contributed by atoms with Gasteiger partial charge < -0.3 is 15.6 Å². The van der Waals surface area contributed by atoms with Crippen LogP contribution in [0.3, 0.4) is 0 Å². The summed E-state index contributed by atoms with van der Waals surface area (Å²) in [5.74, 6) is -0.219. The van der Waals surface area contributed by atoms with Gasteiger partial charge in [0.25, 0.3) is 5.91 Å². The lowest BCUT2D eigenvalue weighted by molar-refractivity contribution is -0.111. The molecule has 1 saturated carbocycles. The summed E-state index contributed by atoms with van der Waals surface area (Å²) in [6, 6.07) is 3.94. The first-order valence-electron chi connectivity index (χ1n) is 10.9. The number of aromatic nitrogens is 3. The zero-order valence-corrected chi connectivity index (χ0v) is 17.8. The van der Waals surface area contributed by atoms with Crippen LogP contribution in [0.4, 0.5) is 5.69 Å². The Morgan fingerprint density at radius 1 is 1.22 bits per heavy atom. The van der Waals surface area contributed by atoms with E-state index in [-0.39, 0.29) is 17.4 Å². The van der Waals surface area contributed by atoms with Crippen molar-refractivity contribution in [1.82, 2.24) is 20.3 Å². The molecule has 1 fully saturated rings. The van der Waals surface area contributed by atoms with Crippen molar-refractivity contribution in [2.45, 2.75) is 44.6 Å². The summed E-state index contributed by atoms with van der Waals surface area (Å²) in [5, 5.41) is 6.03. The minimum atomic E-state index is -0.279. The summed E-state index contributed by atoms with van der Waals surface area (Å²) in [4.78, 5) is 37.3. The molecule has 7 nitrogen and oxygen atoms in total. The molecule has 4 heterocycles. The van der Waals surface area contributed by atoms with Gasteiger partial charge in [-0.25, -0.2) is 0 Å². The van der Waals surface area contributed by atoms with Gasteiger partial charge in [0, 0.05) is 41.2 Å². The number of carbonyl (C=O) groups is 2. The predicted molar refractivity (Wildman–Crippen MR) is 121 cm³/mol. The molecule has 3 aromatic rings. The molecule has 1 spiro atoms. The molecule has 32 heavy (non-hydrogen) atoms. The van der Waals surface area contributed by atoms with E-state index >= 15 is 0 Å². The Kier molecular flexibility index (Phi) is 3.93. The zero-order valence-electron chi connectivity index (χ0n) is 17.8. The molecular formula is C25H23N5O2. The number of hydrogen-bond acceptors (Lipinski definition) is 4. The second-order valence-corrected chi connectivity index (χ2v) is 9.02. The topological polar surface area (TPSA) is 99.8 Å². The quantitative estimate of drug-likeness (QED) is 0.559. The Morgan fingerprint density at radius 3 is 2.84 bits per heavy atom. The van der Waals surface area contributed by atoms with Gasteiger partial charge in [-0.05, 0) is 61.9 Å². The predicted octanol–water partition coefficient (Wildman–Crippen LogP) is 3.49. The van der Waals surface area contributed by atoms with Gasteiger partial charge in [-0.1, -0.05) is 6.58 Å². The molecular weight excluding hydrogens is 402 g/mol. The third kappa shape index (κ3) is 2.88. The van der Waals surface area contributed by atoms with Crippen molar-refractivity contribution in [3.05, 3.63) is 65.3 Å². The molecule has 1 aliphatic heterocycles. The summed E-state index contributed by atoms with van der Waals surface area (Å²) in [6.45, 7) is 5.35. The fraction of sp³-hybridized carbons (Fsp3) is 0.280. The molecule has 160 valence electrons.